The first-order valence-corrected chi connectivity index (χ1v) is 6.88. The number of piperidine rings is 1. The van der Waals surface area contributed by atoms with Crippen LogP contribution in [0.4, 0.5) is 0 Å². The van der Waals surface area contributed by atoms with Crippen LogP contribution >= 0.6 is 0 Å². The fraction of sp³-hybridized carbons (Fsp3) is 0.846. The molecule has 5 nitrogen and oxygen atoms in total. The third-order valence-corrected chi connectivity index (χ3v) is 3.53. The van der Waals surface area contributed by atoms with Gasteiger partial charge < -0.3 is 9.63 Å². The molecule has 1 aromatic heterocycles. The lowest BCUT2D eigenvalue weighted by molar-refractivity contribution is 0.109. The maximum atomic E-state index is 9.10. The predicted octanol–water partition coefficient (Wildman–Crippen LogP) is 1.93. The largest absolute Gasteiger partial charge is 0.396 e. The van der Waals surface area contributed by atoms with Gasteiger partial charge in [-0.2, -0.15) is 4.98 Å². The molecule has 1 aliphatic heterocycles. The number of nitrogens with zero attached hydrogens (tertiary/aromatic N) is 3. The molecule has 1 atom stereocenters. The molecule has 2 heterocycles. The Kier molecular flexibility index (Phi) is 4.72. The van der Waals surface area contributed by atoms with Crippen molar-refractivity contribution in [3.63, 3.8) is 0 Å². The van der Waals surface area contributed by atoms with E-state index in [2.05, 4.69) is 15.0 Å². The standard InChI is InChI=1S/C13H23N3O2/c1-10(2)13-14-12(15-18-13)9-16-7-4-3-5-11(16)6-8-17/h10-11,17H,3-9H2,1-2H3. The molecule has 1 aliphatic rings. The van der Waals surface area contributed by atoms with Gasteiger partial charge in [-0.05, 0) is 25.8 Å². The van der Waals surface area contributed by atoms with Crippen LogP contribution in [0.2, 0.25) is 0 Å². The van der Waals surface area contributed by atoms with Gasteiger partial charge >= 0.3 is 0 Å². The maximum Gasteiger partial charge on any atom is 0.229 e. The lowest BCUT2D eigenvalue weighted by atomic mass is 10.00. The first-order chi connectivity index (χ1) is 8.70. The quantitative estimate of drug-likeness (QED) is 0.868. The smallest absolute Gasteiger partial charge is 0.229 e. The van der Waals surface area contributed by atoms with E-state index < -0.39 is 0 Å². The highest BCUT2D eigenvalue weighted by molar-refractivity contribution is 4.92. The van der Waals surface area contributed by atoms with Crippen LogP contribution in [0.15, 0.2) is 4.52 Å². The summed E-state index contributed by atoms with van der Waals surface area (Å²) in [5.74, 6) is 1.75. The van der Waals surface area contributed by atoms with Crippen molar-refractivity contribution in [1.29, 1.82) is 0 Å². The third kappa shape index (κ3) is 3.29. The van der Waals surface area contributed by atoms with E-state index in [1.165, 1.54) is 12.8 Å². The van der Waals surface area contributed by atoms with E-state index >= 15 is 0 Å². The van der Waals surface area contributed by atoms with E-state index in [0.717, 1.165) is 31.8 Å². The van der Waals surface area contributed by atoms with Gasteiger partial charge in [0.1, 0.15) is 0 Å². The summed E-state index contributed by atoms with van der Waals surface area (Å²) >= 11 is 0. The summed E-state index contributed by atoms with van der Waals surface area (Å²) in [6, 6.07) is 0.463. The van der Waals surface area contributed by atoms with Crippen LogP contribution < -0.4 is 0 Å². The minimum absolute atomic E-state index is 0.255. The summed E-state index contributed by atoms with van der Waals surface area (Å²) in [4.78, 5) is 6.79. The van der Waals surface area contributed by atoms with Gasteiger partial charge in [0, 0.05) is 18.6 Å². The average molecular weight is 253 g/mol. The Morgan fingerprint density at radius 3 is 2.94 bits per heavy atom. The number of rotatable bonds is 5. The molecule has 102 valence electrons. The number of hydrogen-bond donors (Lipinski definition) is 1. The molecular formula is C13H23N3O2. The molecule has 0 radical (unpaired) electrons. The molecule has 0 saturated carbocycles. The zero-order valence-electron chi connectivity index (χ0n) is 11.3. The fourth-order valence-electron chi connectivity index (χ4n) is 2.49. The zero-order chi connectivity index (χ0) is 13.0. The monoisotopic (exact) mass is 253 g/mol. The van der Waals surface area contributed by atoms with Crippen LogP contribution in [0.25, 0.3) is 0 Å². The van der Waals surface area contributed by atoms with Crippen LogP contribution in [-0.4, -0.2) is 39.3 Å². The second-order valence-electron chi connectivity index (χ2n) is 5.34. The van der Waals surface area contributed by atoms with Crippen molar-refractivity contribution in [3.8, 4) is 0 Å². The molecule has 1 aromatic rings. The molecule has 2 rings (SSSR count). The number of hydrogen-bond acceptors (Lipinski definition) is 5. The second kappa shape index (κ2) is 6.29. The molecule has 0 amide bonds. The summed E-state index contributed by atoms with van der Waals surface area (Å²) < 4.78 is 5.23. The molecule has 0 aromatic carbocycles. The second-order valence-corrected chi connectivity index (χ2v) is 5.34. The van der Waals surface area contributed by atoms with Crippen molar-refractivity contribution >= 4 is 0 Å². The summed E-state index contributed by atoms with van der Waals surface area (Å²) in [7, 11) is 0. The Bertz CT molecular complexity index is 363. The van der Waals surface area contributed by atoms with Crippen molar-refractivity contribution in [2.24, 2.45) is 0 Å². The summed E-state index contributed by atoms with van der Waals surface area (Å²) in [5, 5.41) is 13.1. The van der Waals surface area contributed by atoms with Gasteiger partial charge in [0.15, 0.2) is 5.82 Å². The van der Waals surface area contributed by atoms with E-state index in [1.807, 2.05) is 13.8 Å². The van der Waals surface area contributed by atoms with E-state index in [0.29, 0.717) is 11.9 Å². The highest BCUT2D eigenvalue weighted by atomic mass is 16.5. The number of aliphatic hydroxyl groups is 1. The summed E-state index contributed by atoms with van der Waals surface area (Å²) in [6.45, 7) is 6.15. The van der Waals surface area contributed by atoms with Crippen LogP contribution in [0.3, 0.4) is 0 Å². The number of aliphatic hydroxyl groups excluding tert-OH is 1. The van der Waals surface area contributed by atoms with Crippen molar-refractivity contribution in [2.45, 2.75) is 58.0 Å². The van der Waals surface area contributed by atoms with E-state index in [1.54, 1.807) is 0 Å². The SMILES string of the molecule is CC(C)c1nc(CN2CCCCC2CCO)no1. The van der Waals surface area contributed by atoms with Gasteiger partial charge in [0.25, 0.3) is 0 Å². The average Bonchev–Trinajstić information content (AvgIpc) is 2.81. The van der Waals surface area contributed by atoms with Crippen molar-refractivity contribution in [3.05, 3.63) is 11.7 Å². The molecule has 0 bridgehead atoms. The molecule has 1 fully saturated rings. The number of aromatic nitrogens is 2. The molecule has 0 aliphatic carbocycles. The Morgan fingerprint density at radius 1 is 1.44 bits per heavy atom. The Morgan fingerprint density at radius 2 is 2.28 bits per heavy atom. The topological polar surface area (TPSA) is 62.4 Å². The molecule has 0 spiro atoms. The maximum absolute atomic E-state index is 9.10. The summed E-state index contributed by atoms with van der Waals surface area (Å²) in [6.07, 6.45) is 4.48. The van der Waals surface area contributed by atoms with E-state index in [9.17, 15) is 0 Å². The van der Waals surface area contributed by atoms with Gasteiger partial charge in [-0.1, -0.05) is 25.4 Å². The van der Waals surface area contributed by atoms with Gasteiger partial charge in [-0.15, -0.1) is 0 Å². The molecule has 18 heavy (non-hydrogen) atoms. The molecule has 1 N–H and O–H groups in total. The lowest BCUT2D eigenvalue weighted by Gasteiger charge is -2.34. The minimum Gasteiger partial charge on any atom is -0.396 e. The normalized spacial score (nSPS) is 21.7. The van der Waals surface area contributed by atoms with E-state index in [-0.39, 0.29) is 12.5 Å². The first kappa shape index (κ1) is 13.5. The van der Waals surface area contributed by atoms with Crippen LogP contribution in [0.5, 0.6) is 0 Å². The molecule has 5 heteroatoms. The van der Waals surface area contributed by atoms with Gasteiger partial charge in [-0.25, -0.2) is 0 Å². The van der Waals surface area contributed by atoms with Crippen LogP contribution in [-0.2, 0) is 6.54 Å². The molecule has 1 unspecified atom stereocenters. The molecular weight excluding hydrogens is 230 g/mol. The third-order valence-electron chi connectivity index (χ3n) is 3.53. The van der Waals surface area contributed by atoms with Gasteiger partial charge in [-0.3, -0.25) is 4.90 Å². The van der Waals surface area contributed by atoms with Crippen molar-refractivity contribution in [2.75, 3.05) is 13.2 Å². The van der Waals surface area contributed by atoms with Crippen molar-refractivity contribution in [1.82, 2.24) is 15.0 Å². The highest BCUT2D eigenvalue weighted by Crippen LogP contribution is 2.21. The zero-order valence-corrected chi connectivity index (χ0v) is 11.3. The lowest BCUT2D eigenvalue weighted by Crippen LogP contribution is -2.39. The van der Waals surface area contributed by atoms with E-state index in [4.69, 9.17) is 9.63 Å². The highest BCUT2D eigenvalue weighted by Gasteiger charge is 2.23. The van der Waals surface area contributed by atoms with Crippen molar-refractivity contribution < 1.29 is 9.63 Å². The first-order valence-electron chi connectivity index (χ1n) is 6.88. The Labute approximate surface area is 108 Å². The fourth-order valence-corrected chi connectivity index (χ4v) is 2.49. The predicted molar refractivity (Wildman–Crippen MR) is 68.1 cm³/mol. The van der Waals surface area contributed by atoms with Gasteiger partial charge in [0.2, 0.25) is 5.89 Å². The van der Waals surface area contributed by atoms with Crippen LogP contribution in [0, 0.1) is 0 Å². The van der Waals surface area contributed by atoms with Crippen LogP contribution in [0.1, 0.15) is 57.2 Å². The Balaban J connectivity index is 1.97. The summed E-state index contributed by atoms with van der Waals surface area (Å²) in [5.41, 5.74) is 0. The minimum atomic E-state index is 0.255. The van der Waals surface area contributed by atoms with Gasteiger partial charge in [0.05, 0.1) is 6.54 Å². The molecule has 1 saturated heterocycles. The Hall–Kier alpha value is -0.940. The number of likely N-dealkylation sites (tertiary alicyclic amines) is 1.